The monoisotopic (exact) mass is 288 g/mol. The van der Waals surface area contributed by atoms with E-state index in [0.29, 0.717) is 25.7 Å². The summed E-state index contributed by atoms with van der Waals surface area (Å²) in [7, 11) is 0. The number of allylic oxidation sites excluding steroid dienone is 4. The predicted octanol–water partition coefficient (Wildman–Crippen LogP) is 4.31. The van der Waals surface area contributed by atoms with Gasteiger partial charge < -0.3 is 0 Å². The summed E-state index contributed by atoms with van der Waals surface area (Å²) in [5, 5.41) is 0. The largest absolute Gasteiger partial charge is 0.294 e. The highest BCUT2D eigenvalue weighted by Crippen LogP contribution is 2.49. The van der Waals surface area contributed by atoms with E-state index in [1.807, 2.05) is 26.0 Å². The molecule has 0 aromatic heterocycles. The van der Waals surface area contributed by atoms with Crippen molar-refractivity contribution in [1.82, 2.24) is 0 Å². The standard InChI is InChI=1S/C18H18F2O/c1-3-11-9-18(17(21)14(11)4-2)6-5-12-7-15(19)16(20)8-13(12)10-18/h3-4,7-8H,5-6,9-10H2,1-2H3. The number of hydrogen-bond acceptors (Lipinski definition) is 1. The maximum absolute atomic E-state index is 13.5. The average molecular weight is 288 g/mol. The van der Waals surface area contributed by atoms with Gasteiger partial charge in [0.1, 0.15) is 0 Å². The first-order chi connectivity index (χ1) is 10.0. The molecule has 0 aliphatic heterocycles. The highest BCUT2D eigenvalue weighted by Gasteiger charge is 2.48. The third-order valence-corrected chi connectivity index (χ3v) is 4.88. The Morgan fingerprint density at radius 3 is 2.29 bits per heavy atom. The van der Waals surface area contributed by atoms with Gasteiger partial charge in [0.2, 0.25) is 0 Å². The third kappa shape index (κ3) is 2.06. The van der Waals surface area contributed by atoms with Crippen LogP contribution in [0.25, 0.3) is 0 Å². The highest BCUT2D eigenvalue weighted by atomic mass is 19.2. The molecule has 1 unspecified atom stereocenters. The fraction of sp³-hybridized carbons (Fsp3) is 0.389. The zero-order valence-corrected chi connectivity index (χ0v) is 12.3. The van der Waals surface area contributed by atoms with Gasteiger partial charge in [-0.05, 0) is 68.4 Å². The summed E-state index contributed by atoms with van der Waals surface area (Å²) >= 11 is 0. The lowest BCUT2D eigenvalue weighted by Crippen LogP contribution is -2.33. The van der Waals surface area contributed by atoms with Crippen LogP contribution in [0, 0.1) is 17.0 Å². The van der Waals surface area contributed by atoms with E-state index in [4.69, 9.17) is 0 Å². The van der Waals surface area contributed by atoms with Crippen molar-refractivity contribution in [3.05, 3.63) is 58.2 Å². The number of hydrogen-bond donors (Lipinski definition) is 0. The Labute approximate surface area is 123 Å². The van der Waals surface area contributed by atoms with Gasteiger partial charge in [-0.2, -0.15) is 0 Å². The molecule has 0 N–H and O–H groups in total. The van der Waals surface area contributed by atoms with Gasteiger partial charge in [0, 0.05) is 11.0 Å². The minimum Gasteiger partial charge on any atom is -0.294 e. The molecule has 0 heterocycles. The molecule has 3 heteroatoms. The SMILES string of the molecule is CC=C1CC2(CCc3cc(F)c(F)cc3C2)C(=O)C1=CC. The Bertz CT molecular complexity index is 685. The van der Waals surface area contributed by atoms with Crippen molar-refractivity contribution in [3.8, 4) is 0 Å². The minimum atomic E-state index is -0.825. The van der Waals surface area contributed by atoms with E-state index in [2.05, 4.69) is 0 Å². The number of carbonyl (C=O) groups is 1. The second kappa shape index (κ2) is 4.90. The number of Topliss-reactive ketones (excluding diaryl/α,β-unsaturated/α-hetero) is 1. The molecule has 110 valence electrons. The van der Waals surface area contributed by atoms with Crippen LogP contribution < -0.4 is 0 Å². The molecule has 1 saturated carbocycles. The van der Waals surface area contributed by atoms with Crippen LogP contribution in [0.2, 0.25) is 0 Å². The summed E-state index contributed by atoms with van der Waals surface area (Å²) in [5.41, 5.74) is 3.03. The molecule has 3 rings (SSSR count). The Kier molecular flexibility index (Phi) is 3.31. The first-order valence-corrected chi connectivity index (χ1v) is 7.34. The van der Waals surface area contributed by atoms with E-state index in [9.17, 15) is 13.6 Å². The average Bonchev–Trinajstić information content (AvgIpc) is 2.73. The lowest BCUT2D eigenvalue weighted by molar-refractivity contribution is -0.123. The smallest absolute Gasteiger partial charge is 0.169 e. The molecule has 0 bridgehead atoms. The number of ketones is 1. The second-order valence-corrected chi connectivity index (χ2v) is 6.01. The fourth-order valence-electron chi connectivity index (χ4n) is 3.74. The lowest BCUT2D eigenvalue weighted by atomic mass is 9.69. The van der Waals surface area contributed by atoms with E-state index in [1.165, 1.54) is 12.1 Å². The zero-order chi connectivity index (χ0) is 15.2. The van der Waals surface area contributed by atoms with Gasteiger partial charge in [-0.3, -0.25) is 4.79 Å². The van der Waals surface area contributed by atoms with Crippen molar-refractivity contribution in [2.45, 2.75) is 39.5 Å². The predicted molar refractivity (Wildman–Crippen MR) is 78.0 cm³/mol. The van der Waals surface area contributed by atoms with Crippen molar-refractivity contribution in [1.29, 1.82) is 0 Å². The normalized spacial score (nSPS) is 28.7. The molecule has 0 saturated heterocycles. The van der Waals surface area contributed by atoms with Crippen LogP contribution in [0.5, 0.6) is 0 Å². The number of aryl methyl sites for hydroxylation is 1. The quantitative estimate of drug-likeness (QED) is 0.650. The van der Waals surface area contributed by atoms with E-state index < -0.39 is 17.0 Å². The Morgan fingerprint density at radius 2 is 1.71 bits per heavy atom. The van der Waals surface area contributed by atoms with Crippen LogP contribution in [-0.4, -0.2) is 5.78 Å². The maximum Gasteiger partial charge on any atom is 0.169 e. The van der Waals surface area contributed by atoms with E-state index in [-0.39, 0.29) is 5.78 Å². The van der Waals surface area contributed by atoms with Gasteiger partial charge in [-0.25, -0.2) is 8.78 Å². The van der Waals surface area contributed by atoms with Crippen molar-refractivity contribution in [2.75, 3.05) is 0 Å². The molecule has 0 radical (unpaired) electrons. The van der Waals surface area contributed by atoms with E-state index in [0.717, 1.165) is 22.3 Å². The van der Waals surface area contributed by atoms with E-state index >= 15 is 0 Å². The van der Waals surface area contributed by atoms with Crippen molar-refractivity contribution >= 4 is 5.78 Å². The van der Waals surface area contributed by atoms with Crippen LogP contribution in [0.1, 0.15) is 37.8 Å². The van der Waals surface area contributed by atoms with Gasteiger partial charge in [-0.15, -0.1) is 0 Å². The number of fused-ring (bicyclic) bond motifs is 1. The molecule has 1 aromatic carbocycles. The van der Waals surface area contributed by atoms with Crippen LogP contribution in [0.3, 0.4) is 0 Å². The number of carbonyl (C=O) groups excluding carboxylic acids is 1. The van der Waals surface area contributed by atoms with Gasteiger partial charge in [0.05, 0.1) is 0 Å². The van der Waals surface area contributed by atoms with Gasteiger partial charge in [0.15, 0.2) is 17.4 Å². The Morgan fingerprint density at radius 1 is 1.05 bits per heavy atom. The minimum absolute atomic E-state index is 0.161. The molecule has 1 spiro atoms. The first-order valence-electron chi connectivity index (χ1n) is 7.34. The second-order valence-electron chi connectivity index (χ2n) is 6.01. The first kappa shape index (κ1) is 14.2. The van der Waals surface area contributed by atoms with Gasteiger partial charge >= 0.3 is 0 Å². The molecule has 1 fully saturated rings. The Balaban J connectivity index is 2.03. The van der Waals surface area contributed by atoms with Crippen molar-refractivity contribution in [2.24, 2.45) is 5.41 Å². The van der Waals surface area contributed by atoms with Gasteiger partial charge in [-0.1, -0.05) is 12.2 Å². The summed E-state index contributed by atoms with van der Waals surface area (Å²) in [6, 6.07) is 2.55. The molecule has 1 aromatic rings. The summed E-state index contributed by atoms with van der Waals surface area (Å²) < 4.78 is 26.8. The zero-order valence-electron chi connectivity index (χ0n) is 12.3. The molecule has 0 amide bonds. The van der Waals surface area contributed by atoms with Crippen LogP contribution in [-0.2, 0) is 17.6 Å². The van der Waals surface area contributed by atoms with Crippen LogP contribution in [0.15, 0.2) is 35.4 Å². The topological polar surface area (TPSA) is 17.1 Å². The van der Waals surface area contributed by atoms with Crippen molar-refractivity contribution < 1.29 is 13.6 Å². The number of benzene rings is 1. The Hall–Kier alpha value is -1.77. The fourth-order valence-corrected chi connectivity index (χ4v) is 3.74. The molecule has 1 atom stereocenters. The number of halogens is 2. The van der Waals surface area contributed by atoms with E-state index in [1.54, 1.807) is 0 Å². The summed E-state index contributed by atoms with van der Waals surface area (Å²) in [6.45, 7) is 3.82. The van der Waals surface area contributed by atoms with Crippen LogP contribution >= 0.6 is 0 Å². The van der Waals surface area contributed by atoms with Gasteiger partial charge in [0.25, 0.3) is 0 Å². The number of rotatable bonds is 0. The molecular formula is C18H18F2O. The summed E-state index contributed by atoms with van der Waals surface area (Å²) in [6.07, 6.45) is 6.41. The third-order valence-electron chi connectivity index (χ3n) is 4.88. The molecule has 1 nitrogen and oxygen atoms in total. The molecular weight excluding hydrogens is 270 g/mol. The molecule has 21 heavy (non-hydrogen) atoms. The molecule has 2 aliphatic rings. The summed E-state index contributed by atoms with van der Waals surface area (Å²) in [5.74, 6) is -1.46. The lowest BCUT2D eigenvalue weighted by Gasteiger charge is -2.33. The summed E-state index contributed by atoms with van der Waals surface area (Å²) in [4.78, 5) is 12.8. The van der Waals surface area contributed by atoms with Crippen molar-refractivity contribution in [3.63, 3.8) is 0 Å². The highest BCUT2D eigenvalue weighted by molar-refractivity contribution is 6.07. The maximum atomic E-state index is 13.5. The molecule has 2 aliphatic carbocycles. The van der Waals surface area contributed by atoms with Crippen LogP contribution in [0.4, 0.5) is 8.78 Å².